The molecule has 1 saturated heterocycles. The number of nitrogens with zero attached hydrogens (tertiary/aromatic N) is 1. The second-order valence-electron chi connectivity index (χ2n) is 3.76. The summed E-state index contributed by atoms with van der Waals surface area (Å²) in [5.41, 5.74) is 2.33. The van der Waals surface area contributed by atoms with Crippen LogP contribution >= 0.6 is 0 Å². The van der Waals surface area contributed by atoms with Crippen LogP contribution in [0.2, 0.25) is 0 Å². The molecule has 0 aliphatic carbocycles. The topological polar surface area (TPSA) is 29.3 Å². The number of carbonyl (C=O) groups is 1. The van der Waals surface area contributed by atoms with E-state index >= 15 is 0 Å². The van der Waals surface area contributed by atoms with Crippen molar-refractivity contribution in [1.29, 1.82) is 0 Å². The van der Waals surface area contributed by atoms with Gasteiger partial charge in [-0.2, -0.15) is 0 Å². The summed E-state index contributed by atoms with van der Waals surface area (Å²) in [6.45, 7) is 5.12. The van der Waals surface area contributed by atoms with Crippen LogP contribution in [0, 0.1) is 6.92 Å². The van der Waals surface area contributed by atoms with Crippen molar-refractivity contribution in [3.05, 3.63) is 29.8 Å². The smallest absolute Gasteiger partial charge is 0.330 e. The van der Waals surface area contributed by atoms with E-state index in [0.717, 1.165) is 12.2 Å². The molecule has 2 rings (SSSR count). The quantitative estimate of drug-likeness (QED) is 0.556. The summed E-state index contributed by atoms with van der Waals surface area (Å²) >= 11 is 0. The molecular formula is C12H15NO2. The first kappa shape index (κ1) is 10.0. The average molecular weight is 205 g/mol. The minimum Gasteiger partial charge on any atom is -0.464 e. The fourth-order valence-corrected chi connectivity index (χ4v) is 1.60. The number of aryl methyl sites for hydroxylation is 1. The third kappa shape index (κ3) is 2.12. The predicted octanol–water partition coefficient (Wildman–Crippen LogP) is 1.75. The van der Waals surface area contributed by atoms with Crippen LogP contribution in [0.1, 0.15) is 12.5 Å². The molecule has 0 N–H and O–H groups in total. The number of hydrogen-bond acceptors (Lipinski definition) is 3. The highest BCUT2D eigenvalue weighted by Gasteiger charge is 2.41. The summed E-state index contributed by atoms with van der Waals surface area (Å²) in [5.74, 6) is -0.113. The van der Waals surface area contributed by atoms with Crippen molar-refractivity contribution in [2.24, 2.45) is 0 Å². The van der Waals surface area contributed by atoms with Crippen LogP contribution in [0.25, 0.3) is 0 Å². The molecule has 0 bridgehead atoms. The van der Waals surface area contributed by atoms with Crippen LogP contribution < -0.4 is 4.90 Å². The number of carbonyl (C=O) groups excluding carboxylic acids is 1. The van der Waals surface area contributed by atoms with Crippen LogP contribution in [-0.4, -0.2) is 25.2 Å². The van der Waals surface area contributed by atoms with Crippen molar-refractivity contribution in [2.45, 2.75) is 19.9 Å². The molecule has 0 spiro atoms. The maximum absolute atomic E-state index is 11.4. The summed E-state index contributed by atoms with van der Waals surface area (Å²) in [6.07, 6.45) is 0. The zero-order valence-corrected chi connectivity index (χ0v) is 9.06. The van der Waals surface area contributed by atoms with Crippen molar-refractivity contribution in [3.63, 3.8) is 0 Å². The van der Waals surface area contributed by atoms with Gasteiger partial charge in [0.2, 0.25) is 0 Å². The molecule has 0 aromatic heterocycles. The van der Waals surface area contributed by atoms with E-state index in [1.54, 1.807) is 0 Å². The van der Waals surface area contributed by atoms with E-state index in [2.05, 4.69) is 19.1 Å². The van der Waals surface area contributed by atoms with E-state index < -0.39 is 0 Å². The second kappa shape index (κ2) is 3.93. The monoisotopic (exact) mass is 205 g/mol. The highest BCUT2D eigenvalue weighted by atomic mass is 16.5. The molecule has 1 aliphatic heterocycles. The Labute approximate surface area is 89.7 Å². The molecule has 1 unspecified atom stereocenters. The van der Waals surface area contributed by atoms with E-state index in [-0.39, 0.29) is 12.0 Å². The van der Waals surface area contributed by atoms with Crippen molar-refractivity contribution in [3.8, 4) is 0 Å². The number of ether oxygens (including phenoxy) is 1. The molecule has 1 aromatic carbocycles. The summed E-state index contributed by atoms with van der Waals surface area (Å²) < 4.78 is 4.96. The van der Waals surface area contributed by atoms with Crippen LogP contribution in [0.5, 0.6) is 0 Å². The molecule has 1 heterocycles. The molecule has 0 amide bonds. The average Bonchev–Trinajstić information content (AvgIpc) is 2.99. The van der Waals surface area contributed by atoms with E-state index in [4.69, 9.17) is 4.74 Å². The van der Waals surface area contributed by atoms with Gasteiger partial charge in [0.1, 0.15) is 6.04 Å². The van der Waals surface area contributed by atoms with E-state index in [9.17, 15) is 4.79 Å². The number of anilines is 1. The zero-order valence-electron chi connectivity index (χ0n) is 9.06. The molecular weight excluding hydrogens is 190 g/mol. The molecule has 0 saturated carbocycles. The third-order valence-electron chi connectivity index (χ3n) is 2.54. The summed E-state index contributed by atoms with van der Waals surface area (Å²) in [5, 5.41) is 0. The lowest BCUT2D eigenvalue weighted by Gasteiger charge is -2.05. The zero-order chi connectivity index (χ0) is 10.8. The third-order valence-corrected chi connectivity index (χ3v) is 2.54. The summed E-state index contributed by atoms with van der Waals surface area (Å²) in [7, 11) is 0. The fourth-order valence-electron chi connectivity index (χ4n) is 1.60. The van der Waals surface area contributed by atoms with Crippen LogP contribution in [0.3, 0.4) is 0 Å². The fraction of sp³-hybridized carbons (Fsp3) is 0.417. The van der Waals surface area contributed by atoms with Gasteiger partial charge in [-0.05, 0) is 26.0 Å². The molecule has 15 heavy (non-hydrogen) atoms. The van der Waals surface area contributed by atoms with Crippen molar-refractivity contribution < 1.29 is 9.53 Å². The summed E-state index contributed by atoms with van der Waals surface area (Å²) in [6, 6.07) is 8.11. The Bertz CT molecular complexity index is 358. The van der Waals surface area contributed by atoms with E-state index in [1.165, 1.54) is 5.56 Å². The Balaban J connectivity index is 1.98. The lowest BCUT2D eigenvalue weighted by molar-refractivity contribution is -0.142. The molecule has 80 valence electrons. The number of rotatable bonds is 3. The van der Waals surface area contributed by atoms with Gasteiger partial charge in [0.25, 0.3) is 0 Å². The molecule has 3 heteroatoms. The number of benzene rings is 1. The Kier molecular flexibility index (Phi) is 2.62. The van der Waals surface area contributed by atoms with Crippen LogP contribution in [-0.2, 0) is 9.53 Å². The lowest BCUT2D eigenvalue weighted by atomic mass is 10.2. The second-order valence-corrected chi connectivity index (χ2v) is 3.76. The maximum Gasteiger partial charge on any atom is 0.330 e. The Morgan fingerprint density at radius 2 is 2.13 bits per heavy atom. The normalized spacial score (nSPS) is 18.8. The Morgan fingerprint density at radius 1 is 1.47 bits per heavy atom. The first-order valence-corrected chi connectivity index (χ1v) is 5.22. The van der Waals surface area contributed by atoms with Gasteiger partial charge < -0.3 is 9.64 Å². The highest BCUT2D eigenvalue weighted by Crippen LogP contribution is 2.28. The predicted molar refractivity (Wildman–Crippen MR) is 58.9 cm³/mol. The Hall–Kier alpha value is -1.51. The molecule has 3 nitrogen and oxygen atoms in total. The van der Waals surface area contributed by atoms with E-state index in [1.807, 2.05) is 24.0 Å². The van der Waals surface area contributed by atoms with Gasteiger partial charge in [0.15, 0.2) is 0 Å². The minimum atomic E-state index is -0.113. The summed E-state index contributed by atoms with van der Waals surface area (Å²) in [4.78, 5) is 13.4. The lowest BCUT2D eigenvalue weighted by Crippen LogP contribution is -2.15. The van der Waals surface area contributed by atoms with Crippen molar-refractivity contribution in [2.75, 3.05) is 18.1 Å². The minimum absolute atomic E-state index is 0.0624. The van der Waals surface area contributed by atoms with Gasteiger partial charge in [-0.25, -0.2) is 4.79 Å². The Morgan fingerprint density at radius 3 is 2.73 bits per heavy atom. The van der Waals surface area contributed by atoms with Gasteiger partial charge >= 0.3 is 5.97 Å². The van der Waals surface area contributed by atoms with Crippen molar-refractivity contribution in [1.82, 2.24) is 0 Å². The van der Waals surface area contributed by atoms with Gasteiger partial charge in [-0.1, -0.05) is 17.7 Å². The molecule has 0 radical (unpaired) electrons. The van der Waals surface area contributed by atoms with Gasteiger partial charge in [-0.3, -0.25) is 0 Å². The maximum atomic E-state index is 11.4. The molecule has 1 aromatic rings. The largest absolute Gasteiger partial charge is 0.464 e. The first-order valence-electron chi connectivity index (χ1n) is 5.22. The first-order chi connectivity index (χ1) is 7.22. The van der Waals surface area contributed by atoms with Crippen LogP contribution in [0.15, 0.2) is 24.3 Å². The van der Waals surface area contributed by atoms with Crippen molar-refractivity contribution >= 4 is 11.7 Å². The van der Waals surface area contributed by atoms with Gasteiger partial charge in [0.05, 0.1) is 13.2 Å². The number of esters is 1. The standard InChI is InChI=1S/C12H15NO2/c1-3-15-12(14)11-8-13(11)10-6-4-9(2)5-7-10/h4-7,11H,3,8H2,1-2H3. The highest BCUT2D eigenvalue weighted by molar-refractivity contribution is 5.86. The van der Waals surface area contributed by atoms with Gasteiger partial charge in [-0.15, -0.1) is 0 Å². The molecule has 1 atom stereocenters. The SMILES string of the molecule is CCOC(=O)C1CN1c1ccc(C)cc1. The number of hydrogen-bond donors (Lipinski definition) is 0. The van der Waals surface area contributed by atoms with Gasteiger partial charge in [0, 0.05) is 5.69 Å². The van der Waals surface area contributed by atoms with Crippen LogP contribution in [0.4, 0.5) is 5.69 Å². The van der Waals surface area contributed by atoms with E-state index in [0.29, 0.717) is 6.61 Å². The molecule has 1 fully saturated rings. The molecule has 1 aliphatic rings.